The normalized spacial score (nSPS) is 14.1. The van der Waals surface area contributed by atoms with Crippen molar-refractivity contribution in [1.82, 2.24) is 20.2 Å². The van der Waals surface area contributed by atoms with Gasteiger partial charge in [-0.1, -0.05) is 0 Å². The van der Waals surface area contributed by atoms with Crippen LogP contribution in [0.15, 0.2) is 73.1 Å². The molecule has 1 atom stereocenters. The third kappa shape index (κ3) is 8.52. The third-order valence-corrected chi connectivity index (χ3v) is 8.73. The predicted molar refractivity (Wildman–Crippen MR) is 180 cm³/mol. The molecule has 1 unspecified atom stereocenters. The molecule has 0 bridgehead atoms. The number of amides is 1. The first-order chi connectivity index (χ1) is 23.1. The summed E-state index contributed by atoms with van der Waals surface area (Å²) in [5.74, 6) is -0.421. The highest BCUT2D eigenvalue weighted by atomic mass is 19.1. The predicted octanol–water partition coefficient (Wildman–Crippen LogP) is 6.27. The van der Waals surface area contributed by atoms with E-state index in [4.69, 9.17) is 9.84 Å². The molecule has 1 aromatic heterocycles. The molecule has 1 saturated heterocycles. The average Bonchev–Trinajstić information content (AvgIpc) is 3.08. The molecule has 3 aromatic carbocycles. The SMILES string of the molecule is Cc1ncnc(C)c1C(=O)NC(C)CCN1CCC(N(Cc2cc(C#N)ccc2F)c2ccc(Oc3ccc(C(=O)O)cc3)cc2)CC1. The van der Waals surface area contributed by atoms with Gasteiger partial charge in [-0.15, -0.1) is 0 Å². The number of ether oxygens (including phenoxy) is 1. The van der Waals surface area contributed by atoms with E-state index in [0.29, 0.717) is 46.1 Å². The van der Waals surface area contributed by atoms with Crippen LogP contribution in [0.25, 0.3) is 0 Å². The fraction of sp³-hybridized carbons (Fsp3) is 0.324. The van der Waals surface area contributed by atoms with Gasteiger partial charge in [0.15, 0.2) is 0 Å². The van der Waals surface area contributed by atoms with E-state index in [-0.39, 0.29) is 29.4 Å². The minimum absolute atomic E-state index is 0.0306. The zero-order valence-electron chi connectivity index (χ0n) is 27.3. The molecule has 48 heavy (non-hydrogen) atoms. The number of aromatic nitrogens is 2. The lowest BCUT2D eigenvalue weighted by atomic mass is 10.00. The van der Waals surface area contributed by atoms with Crippen LogP contribution in [0.2, 0.25) is 0 Å². The highest BCUT2D eigenvalue weighted by Gasteiger charge is 2.27. The number of aromatic carboxylic acids is 1. The summed E-state index contributed by atoms with van der Waals surface area (Å²) in [6.07, 6.45) is 3.97. The summed E-state index contributed by atoms with van der Waals surface area (Å²) in [4.78, 5) is 36.9. The topological polar surface area (TPSA) is 132 Å². The largest absolute Gasteiger partial charge is 0.478 e. The lowest BCUT2D eigenvalue weighted by Gasteiger charge is -2.40. The number of carbonyl (C=O) groups excluding carboxylic acids is 1. The monoisotopic (exact) mass is 650 g/mol. The van der Waals surface area contributed by atoms with Gasteiger partial charge in [0.05, 0.1) is 34.1 Å². The average molecular weight is 651 g/mol. The van der Waals surface area contributed by atoms with Crippen molar-refractivity contribution < 1.29 is 23.8 Å². The molecular formula is C37H39FN6O4. The second-order valence-electron chi connectivity index (χ2n) is 12.1. The van der Waals surface area contributed by atoms with Gasteiger partial charge in [-0.3, -0.25) is 4.79 Å². The molecule has 1 aliphatic rings. The van der Waals surface area contributed by atoms with Gasteiger partial charge in [-0.2, -0.15) is 5.26 Å². The van der Waals surface area contributed by atoms with Crippen LogP contribution >= 0.6 is 0 Å². The number of carboxylic acid groups (broad SMARTS) is 1. The van der Waals surface area contributed by atoms with E-state index < -0.39 is 5.97 Å². The summed E-state index contributed by atoms with van der Waals surface area (Å²) >= 11 is 0. The number of likely N-dealkylation sites (tertiary alicyclic amines) is 1. The van der Waals surface area contributed by atoms with Gasteiger partial charge in [0.1, 0.15) is 23.6 Å². The molecule has 2 N–H and O–H groups in total. The summed E-state index contributed by atoms with van der Waals surface area (Å²) in [5.41, 5.74) is 3.78. The zero-order valence-corrected chi connectivity index (χ0v) is 27.3. The molecule has 1 aliphatic heterocycles. The van der Waals surface area contributed by atoms with Crippen molar-refractivity contribution in [2.75, 3.05) is 24.5 Å². The third-order valence-electron chi connectivity index (χ3n) is 8.73. The molecule has 4 aromatic rings. The van der Waals surface area contributed by atoms with E-state index in [9.17, 15) is 19.2 Å². The number of aryl methyl sites for hydroxylation is 2. The van der Waals surface area contributed by atoms with Crippen LogP contribution in [0.1, 0.15) is 69.4 Å². The maximum atomic E-state index is 15.0. The number of hydrogen-bond acceptors (Lipinski definition) is 8. The number of nitrogens with zero attached hydrogens (tertiary/aromatic N) is 5. The van der Waals surface area contributed by atoms with Crippen molar-refractivity contribution in [2.24, 2.45) is 0 Å². The van der Waals surface area contributed by atoms with E-state index in [2.05, 4.69) is 31.2 Å². The van der Waals surface area contributed by atoms with Crippen LogP contribution in [-0.4, -0.2) is 63.6 Å². The molecule has 0 spiro atoms. The first-order valence-electron chi connectivity index (χ1n) is 16.0. The zero-order chi connectivity index (χ0) is 34.2. The molecule has 248 valence electrons. The van der Waals surface area contributed by atoms with E-state index in [0.717, 1.165) is 44.6 Å². The molecular weight excluding hydrogens is 611 g/mol. The Hall–Kier alpha value is -5.34. The maximum Gasteiger partial charge on any atom is 0.335 e. The molecule has 10 nitrogen and oxygen atoms in total. The summed E-state index contributed by atoms with van der Waals surface area (Å²) in [5, 5.41) is 21.7. The second kappa shape index (κ2) is 15.5. The highest BCUT2D eigenvalue weighted by molar-refractivity contribution is 5.96. The van der Waals surface area contributed by atoms with Crippen molar-refractivity contribution in [3.8, 4) is 17.6 Å². The Balaban J connectivity index is 1.23. The molecule has 2 heterocycles. The lowest BCUT2D eigenvalue weighted by Crippen LogP contribution is -2.46. The van der Waals surface area contributed by atoms with Crippen LogP contribution in [-0.2, 0) is 6.54 Å². The van der Waals surface area contributed by atoms with E-state index in [1.807, 2.05) is 45.0 Å². The van der Waals surface area contributed by atoms with Gasteiger partial charge in [0, 0.05) is 49.5 Å². The van der Waals surface area contributed by atoms with Crippen molar-refractivity contribution >= 4 is 17.6 Å². The number of halogens is 1. The van der Waals surface area contributed by atoms with Gasteiger partial charge in [-0.05, 0) is 107 Å². The summed E-state index contributed by atoms with van der Waals surface area (Å²) in [6.45, 7) is 8.44. The summed E-state index contributed by atoms with van der Waals surface area (Å²) in [7, 11) is 0. The standard InChI is InChI=1S/C37H39FN6O4/c1-24(42-36(45)35-25(2)40-23-41-26(35)3)14-17-43-18-15-31(16-19-43)44(22-29-20-27(21-39)4-13-34(29)38)30-7-11-33(12-8-30)48-32-9-5-28(6-10-32)37(46)47/h4-13,20,23-24,31H,14-19,22H2,1-3H3,(H,42,45)(H,46,47). The number of piperidine rings is 1. The van der Waals surface area contributed by atoms with Crippen LogP contribution < -0.4 is 15.0 Å². The van der Waals surface area contributed by atoms with Gasteiger partial charge in [-0.25, -0.2) is 19.2 Å². The Morgan fingerprint density at radius 1 is 1.04 bits per heavy atom. The van der Waals surface area contributed by atoms with Crippen molar-refractivity contribution in [1.29, 1.82) is 5.26 Å². The summed E-state index contributed by atoms with van der Waals surface area (Å²) in [6, 6.07) is 20.4. The van der Waals surface area contributed by atoms with Crippen molar-refractivity contribution in [3.63, 3.8) is 0 Å². The first-order valence-corrected chi connectivity index (χ1v) is 16.0. The number of carboxylic acids is 1. The second-order valence-corrected chi connectivity index (χ2v) is 12.1. The Morgan fingerprint density at radius 2 is 1.67 bits per heavy atom. The van der Waals surface area contributed by atoms with Crippen molar-refractivity contribution in [2.45, 2.75) is 58.7 Å². The van der Waals surface area contributed by atoms with Gasteiger partial charge in [0.2, 0.25) is 0 Å². The number of carbonyl (C=O) groups is 2. The number of benzene rings is 3. The molecule has 1 fully saturated rings. The fourth-order valence-corrected chi connectivity index (χ4v) is 6.01. The minimum Gasteiger partial charge on any atom is -0.478 e. The minimum atomic E-state index is -1.00. The van der Waals surface area contributed by atoms with Gasteiger partial charge < -0.3 is 25.0 Å². The van der Waals surface area contributed by atoms with E-state index in [1.54, 1.807) is 18.2 Å². The molecule has 0 radical (unpaired) electrons. The Labute approximate surface area is 279 Å². The van der Waals surface area contributed by atoms with E-state index >= 15 is 0 Å². The van der Waals surface area contributed by atoms with Crippen LogP contribution in [0.5, 0.6) is 11.5 Å². The van der Waals surface area contributed by atoms with Crippen LogP contribution in [0, 0.1) is 31.0 Å². The summed E-state index contributed by atoms with van der Waals surface area (Å²) < 4.78 is 20.9. The van der Waals surface area contributed by atoms with Crippen LogP contribution in [0.4, 0.5) is 10.1 Å². The van der Waals surface area contributed by atoms with E-state index in [1.165, 1.54) is 30.6 Å². The van der Waals surface area contributed by atoms with Crippen molar-refractivity contribution in [3.05, 3.63) is 113 Å². The Bertz CT molecular complexity index is 1760. The number of rotatable bonds is 12. The number of hydrogen-bond donors (Lipinski definition) is 2. The van der Waals surface area contributed by atoms with Crippen LogP contribution in [0.3, 0.4) is 0 Å². The molecule has 5 rings (SSSR count). The maximum absolute atomic E-state index is 15.0. The highest BCUT2D eigenvalue weighted by Crippen LogP contribution is 2.30. The molecule has 11 heteroatoms. The Kier molecular flexibility index (Phi) is 11.0. The number of nitriles is 1. The molecule has 1 amide bonds. The first kappa shape index (κ1) is 34.0. The smallest absolute Gasteiger partial charge is 0.335 e. The van der Waals surface area contributed by atoms with Gasteiger partial charge >= 0.3 is 5.97 Å². The lowest BCUT2D eigenvalue weighted by molar-refractivity contribution is 0.0696. The number of anilines is 1. The molecule has 0 saturated carbocycles. The van der Waals surface area contributed by atoms with Gasteiger partial charge in [0.25, 0.3) is 5.91 Å². The molecule has 0 aliphatic carbocycles. The number of nitrogens with one attached hydrogen (secondary N) is 1. The fourth-order valence-electron chi connectivity index (χ4n) is 6.01. The quantitative estimate of drug-likeness (QED) is 0.182. The Morgan fingerprint density at radius 3 is 2.27 bits per heavy atom.